The Labute approximate surface area is 116 Å². The normalized spacial score (nSPS) is 22.4. The molecule has 2 heterocycles. The Kier molecular flexibility index (Phi) is 5.31. The molecule has 2 atom stereocenters. The Morgan fingerprint density at radius 3 is 3.00 bits per heavy atom. The SMILES string of the molecule is CCNC(c1cncc(C)c1)C1CN(CC)CCO1. The number of aryl methyl sites for hydroxylation is 1. The molecule has 19 heavy (non-hydrogen) atoms. The van der Waals surface area contributed by atoms with Crippen LogP contribution in [0, 0.1) is 6.92 Å². The van der Waals surface area contributed by atoms with Crippen molar-refractivity contribution in [3.8, 4) is 0 Å². The maximum absolute atomic E-state index is 5.99. The maximum Gasteiger partial charge on any atom is 0.0897 e. The van der Waals surface area contributed by atoms with Crippen LogP contribution in [0.15, 0.2) is 18.5 Å². The van der Waals surface area contributed by atoms with E-state index in [2.05, 4.69) is 42.0 Å². The topological polar surface area (TPSA) is 37.4 Å². The van der Waals surface area contributed by atoms with Crippen LogP contribution < -0.4 is 5.32 Å². The predicted molar refractivity (Wildman–Crippen MR) is 77.2 cm³/mol. The summed E-state index contributed by atoms with van der Waals surface area (Å²) < 4.78 is 5.99. The van der Waals surface area contributed by atoms with Gasteiger partial charge >= 0.3 is 0 Å². The van der Waals surface area contributed by atoms with Crippen molar-refractivity contribution in [2.24, 2.45) is 0 Å². The van der Waals surface area contributed by atoms with Gasteiger partial charge in [-0.25, -0.2) is 0 Å². The van der Waals surface area contributed by atoms with Gasteiger partial charge in [0.15, 0.2) is 0 Å². The minimum atomic E-state index is 0.206. The number of rotatable bonds is 5. The number of hydrogen-bond donors (Lipinski definition) is 1. The van der Waals surface area contributed by atoms with Gasteiger partial charge in [0.25, 0.3) is 0 Å². The summed E-state index contributed by atoms with van der Waals surface area (Å²) in [6, 6.07) is 2.43. The number of ether oxygens (including phenoxy) is 1. The lowest BCUT2D eigenvalue weighted by Crippen LogP contribution is -2.48. The van der Waals surface area contributed by atoms with Gasteiger partial charge in [0.1, 0.15) is 0 Å². The quantitative estimate of drug-likeness (QED) is 0.878. The Morgan fingerprint density at radius 2 is 2.32 bits per heavy atom. The van der Waals surface area contributed by atoms with Gasteiger partial charge in [0.2, 0.25) is 0 Å². The number of likely N-dealkylation sites (N-methyl/N-ethyl adjacent to an activating group) is 2. The molecule has 0 bridgehead atoms. The van der Waals surface area contributed by atoms with Crippen LogP contribution in [0.2, 0.25) is 0 Å². The first-order valence-corrected chi connectivity index (χ1v) is 7.23. The van der Waals surface area contributed by atoms with E-state index in [9.17, 15) is 0 Å². The van der Waals surface area contributed by atoms with Crippen molar-refractivity contribution in [1.29, 1.82) is 0 Å². The molecule has 2 rings (SSSR count). The van der Waals surface area contributed by atoms with Crippen molar-refractivity contribution in [2.45, 2.75) is 32.9 Å². The summed E-state index contributed by atoms with van der Waals surface area (Å²) in [5, 5.41) is 3.55. The monoisotopic (exact) mass is 263 g/mol. The summed E-state index contributed by atoms with van der Waals surface area (Å²) in [6.07, 6.45) is 4.05. The molecule has 1 aliphatic rings. The summed E-state index contributed by atoms with van der Waals surface area (Å²) in [7, 11) is 0. The van der Waals surface area contributed by atoms with Gasteiger partial charge in [-0.3, -0.25) is 9.88 Å². The highest BCUT2D eigenvalue weighted by Crippen LogP contribution is 2.22. The van der Waals surface area contributed by atoms with Crippen molar-refractivity contribution in [2.75, 3.05) is 32.8 Å². The molecule has 4 heteroatoms. The molecule has 0 aliphatic carbocycles. The lowest BCUT2D eigenvalue weighted by Gasteiger charge is -2.37. The highest BCUT2D eigenvalue weighted by Gasteiger charge is 2.28. The zero-order valence-corrected chi connectivity index (χ0v) is 12.2. The summed E-state index contributed by atoms with van der Waals surface area (Å²) in [5.74, 6) is 0. The molecule has 1 aliphatic heterocycles. The van der Waals surface area contributed by atoms with Gasteiger partial charge < -0.3 is 10.1 Å². The molecule has 0 spiro atoms. The van der Waals surface area contributed by atoms with Crippen molar-refractivity contribution < 1.29 is 4.74 Å². The van der Waals surface area contributed by atoms with E-state index in [4.69, 9.17) is 4.74 Å². The third-order valence-corrected chi connectivity index (χ3v) is 3.68. The molecule has 0 saturated carbocycles. The second-order valence-electron chi connectivity index (χ2n) is 5.13. The van der Waals surface area contributed by atoms with E-state index in [0.717, 1.165) is 32.8 Å². The van der Waals surface area contributed by atoms with E-state index in [1.165, 1.54) is 11.1 Å². The molecule has 1 aromatic heterocycles. The molecule has 4 nitrogen and oxygen atoms in total. The fourth-order valence-electron chi connectivity index (χ4n) is 2.65. The average Bonchev–Trinajstić information content (AvgIpc) is 2.45. The molecular weight excluding hydrogens is 238 g/mol. The smallest absolute Gasteiger partial charge is 0.0897 e. The summed E-state index contributed by atoms with van der Waals surface area (Å²) in [4.78, 5) is 6.76. The zero-order chi connectivity index (χ0) is 13.7. The largest absolute Gasteiger partial charge is 0.374 e. The number of aromatic nitrogens is 1. The van der Waals surface area contributed by atoms with Crippen LogP contribution in [0.3, 0.4) is 0 Å². The molecule has 1 fully saturated rings. The van der Waals surface area contributed by atoms with E-state index in [1.54, 1.807) is 0 Å². The zero-order valence-electron chi connectivity index (χ0n) is 12.2. The van der Waals surface area contributed by atoms with Crippen LogP contribution in [-0.4, -0.2) is 48.8 Å². The van der Waals surface area contributed by atoms with Crippen LogP contribution in [0.25, 0.3) is 0 Å². The fraction of sp³-hybridized carbons (Fsp3) is 0.667. The second-order valence-corrected chi connectivity index (χ2v) is 5.13. The number of hydrogen-bond acceptors (Lipinski definition) is 4. The van der Waals surface area contributed by atoms with E-state index in [1.807, 2.05) is 12.4 Å². The van der Waals surface area contributed by atoms with Gasteiger partial charge in [0, 0.05) is 25.5 Å². The maximum atomic E-state index is 5.99. The molecule has 1 saturated heterocycles. The van der Waals surface area contributed by atoms with Crippen molar-refractivity contribution in [3.05, 3.63) is 29.6 Å². The summed E-state index contributed by atoms with van der Waals surface area (Å²) in [5.41, 5.74) is 2.42. The van der Waals surface area contributed by atoms with Crippen LogP contribution in [0.1, 0.15) is 31.0 Å². The second kappa shape index (κ2) is 6.98. The number of pyridine rings is 1. The highest BCUT2D eigenvalue weighted by atomic mass is 16.5. The van der Waals surface area contributed by atoms with Gasteiger partial charge in [-0.05, 0) is 31.1 Å². The van der Waals surface area contributed by atoms with Crippen LogP contribution in [0.4, 0.5) is 0 Å². The van der Waals surface area contributed by atoms with Crippen molar-refractivity contribution >= 4 is 0 Å². The Morgan fingerprint density at radius 1 is 1.47 bits per heavy atom. The lowest BCUT2D eigenvalue weighted by molar-refractivity contribution is -0.0454. The molecule has 0 radical (unpaired) electrons. The average molecular weight is 263 g/mol. The third-order valence-electron chi connectivity index (χ3n) is 3.68. The molecule has 1 N–H and O–H groups in total. The van der Waals surface area contributed by atoms with Crippen LogP contribution >= 0.6 is 0 Å². The molecule has 2 unspecified atom stereocenters. The van der Waals surface area contributed by atoms with E-state index >= 15 is 0 Å². The van der Waals surface area contributed by atoms with Crippen molar-refractivity contribution in [1.82, 2.24) is 15.2 Å². The van der Waals surface area contributed by atoms with Crippen LogP contribution in [-0.2, 0) is 4.74 Å². The van der Waals surface area contributed by atoms with E-state index < -0.39 is 0 Å². The molecular formula is C15H25N3O. The number of morpholine rings is 1. The number of nitrogens with one attached hydrogen (secondary N) is 1. The standard InChI is InChI=1S/C15H25N3O/c1-4-17-15(13-8-12(3)9-16-10-13)14-11-18(5-2)6-7-19-14/h8-10,14-15,17H,4-7,11H2,1-3H3. The predicted octanol–water partition coefficient (Wildman–Crippen LogP) is 1.76. The molecule has 106 valence electrons. The van der Waals surface area contributed by atoms with Crippen molar-refractivity contribution in [3.63, 3.8) is 0 Å². The highest BCUT2D eigenvalue weighted by molar-refractivity contribution is 5.21. The first-order valence-electron chi connectivity index (χ1n) is 7.23. The molecule has 0 amide bonds. The van der Waals surface area contributed by atoms with Crippen LogP contribution in [0.5, 0.6) is 0 Å². The minimum absolute atomic E-state index is 0.206. The Balaban J connectivity index is 2.15. The summed E-state index contributed by atoms with van der Waals surface area (Å²) in [6.45, 7) is 11.3. The Hall–Kier alpha value is -0.970. The van der Waals surface area contributed by atoms with Gasteiger partial charge in [-0.1, -0.05) is 19.9 Å². The van der Waals surface area contributed by atoms with Gasteiger partial charge in [-0.15, -0.1) is 0 Å². The van der Waals surface area contributed by atoms with Gasteiger partial charge in [0.05, 0.1) is 18.8 Å². The molecule has 0 aromatic carbocycles. The first kappa shape index (κ1) is 14.4. The Bertz CT molecular complexity index is 397. The summed E-state index contributed by atoms with van der Waals surface area (Å²) >= 11 is 0. The first-order chi connectivity index (χ1) is 9.24. The minimum Gasteiger partial charge on any atom is -0.374 e. The van der Waals surface area contributed by atoms with Gasteiger partial charge in [-0.2, -0.15) is 0 Å². The van der Waals surface area contributed by atoms with E-state index in [-0.39, 0.29) is 12.1 Å². The molecule has 1 aromatic rings. The third kappa shape index (κ3) is 3.75. The lowest BCUT2D eigenvalue weighted by atomic mass is 10.0. The number of nitrogens with zero attached hydrogens (tertiary/aromatic N) is 2. The fourth-order valence-corrected chi connectivity index (χ4v) is 2.65. The van der Waals surface area contributed by atoms with E-state index in [0.29, 0.717) is 0 Å².